The van der Waals surface area contributed by atoms with E-state index in [0.29, 0.717) is 19.4 Å². The minimum absolute atomic E-state index is 0.0521. The third kappa shape index (κ3) is 51.2. The van der Waals surface area contributed by atoms with Crippen molar-refractivity contribution in [1.29, 1.82) is 0 Å². The summed E-state index contributed by atoms with van der Waals surface area (Å²) in [6.45, 7) is 7.50. The van der Waals surface area contributed by atoms with Crippen molar-refractivity contribution in [3.63, 3.8) is 0 Å². The van der Waals surface area contributed by atoms with Gasteiger partial charge in [-0.2, -0.15) is 0 Å². The van der Waals surface area contributed by atoms with Crippen molar-refractivity contribution < 1.29 is 23.8 Å². The van der Waals surface area contributed by atoms with E-state index in [4.69, 9.17) is 14.2 Å². The summed E-state index contributed by atoms with van der Waals surface area (Å²) in [6, 6.07) is 0. The molecule has 0 rings (SSSR count). The average molecular weight is 887 g/mol. The molecule has 0 aromatic carbocycles. The van der Waals surface area contributed by atoms with E-state index >= 15 is 0 Å². The Morgan fingerprint density at radius 2 is 0.703 bits per heavy atom. The second-order valence-electron chi connectivity index (χ2n) is 17.0. The van der Waals surface area contributed by atoms with Crippen LogP contribution in [0, 0.1) is 0 Å². The Labute approximate surface area is 395 Å². The molecule has 1 unspecified atom stereocenters. The highest BCUT2D eigenvalue weighted by Crippen LogP contribution is 2.13. The number of hydrogen-bond donors (Lipinski definition) is 0. The van der Waals surface area contributed by atoms with Gasteiger partial charge in [-0.05, 0) is 122 Å². The molecule has 1 atom stereocenters. The highest BCUT2D eigenvalue weighted by molar-refractivity contribution is 5.70. The molecule has 0 fully saturated rings. The van der Waals surface area contributed by atoms with Gasteiger partial charge in [-0.3, -0.25) is 9.59 Å². The first kappa shape index (κ1) is 60.6. The largest absolute Gasteiger partial charge is 0.462 e. The maximum Gasteiger partial charge on any atom is 0.306 e. The number of rotatable bonds is 47. The minimum atomic E-state index is -0.571. The molecular formula is C59H98O5. The van der Waals surface area contributed by atoms with E-state index in [0.717, 1.165) is 122 Å². The van der Waals surface area contributed by atoms with E-state index in [1.54, 1.807) is 0 Å². The Morgan fingerprint density at radius 3 is 1.14 bits per heavy atom. The Morgan fingerprint density at radius 1 is 0.359 bits per heavy atom. The standard InChI is InChI=1S/C59H98O5/c1-4-7-10-13-16-19-22-25-27-29-31-33-36-39-42-45-48-51-54-62-55-57(64-59(61)53-50-47-44-41-38-34-24-21-18-15-12-9-6-3)56-63-58(60)52-49-46-43-40-37-35-32-30-28-26-23-20-17-14-11-8-5-2/h8-9,11-12,16-21,25-28,32,34-35,38,57H,4-7,10,13-15,22-24,29-31,33,36-37,39-56H2,1-3H3/b11-8-,12-9-,19-16-,20-17-,21-18-,27-25-,28-26-,35-32-,38-34-. The zero-order chi connectivity index (χ0) is 46.3. The van der Waals surface area contributed by atoms with Gasteiger partial charge in [-0.15, -0.1) is 0 Å². The van der Waals surface area contributed by atoms with Crippen LogP contribution in [0.1, 0.15) is 226 Å². The molecule has 0 aromatic rings. The number of carbonyl (C=O) groups is 2. The third-order valence-electron chi connectivity index (χ3n) is 10.8. The van der Waals surface area contributed by atoms with Crippen LogP contribution in [0.25, 0.3) is 0 Å². The Kier molecular flexibility index (Phi) is 51.0. The van der Waals surface area contributed by atoms with Crippen molar-refractivity contribution in [3.05, 3.63) is 109 Å². The maximum atomic E-state index is 12.8. The SMILES string of the molecule is CC/C=C\C/C=C\C/C=C\C/C=C\CCCCCCC(=O)OCC(COCCCCCCCCCC/C=C\C/C=C\CCCCC)OC(=O)CCCCC/C=C\C/C=C\C/C=C\CC. The normalized spacial score (nSPS) is 13.1. The van der Waals surface area contributed by atoms with Crippen LogP contribution in [0.2, 0.25) is 0 Å². The van der Waals surface area contributed by atoms with Crippen LogP contribution in [-0.4, -0.2) is 37.9 Å². The Balaban J connectivity index is 4.36. The van der Waals surface area contributed by atoms with Crippen LogP contribution in [-0.2, 0) is 23.8 Å². The molecule has 364 valence electrons. The first-order chi connectivity index (χ1) is 31.6. The summed E-state index contributed by atoms with van der Waals surface area (Å²) in [6.07, 6.45) is 73.9. The summed E-state index contributed by atoms with van der Waals surface area (Å²) < 4.78 is 17.4. The van der Waals surface area contributed by atoms with Crippen molar-refractivity contribution in [2.24, 2.45) is 0 Å². The zero-order valence-corrected chi connectivity index (χ0v) is 41.8. The van der Waals surface area contributed by atoms with Crippen LogP contribution < -0.4 is 0 Å². The molecule has 0 amide bonds. The van der Waals surface area contributed by atoms with Gasteiger partial charge in [0.25, 0.3) is 0 Å². The fraction of sp³-hybridized carbons (Fsp3) is 0.661. The molecule has 64 heavy (non-hydrogen) atoms. The monoisotopic (exact) mass is 887 g/mol. The van der Waals surface area contributed by atoms with Gasteiger partial charge >= 0.3 is 11.9 Å². The third-order valence-corrected chi connectivity index (χ3v) is 10.8. The van der Waals surface area contributed by atoms with E-state index < -0.39 is 6.10 Å². The van der Waals surface area contributed by atoms with Crippen LogP contribution >= 0.6 is 0 Å². The van der Waals surface area contributed by atoms with Gasteiger partial charge in [-0.1, -0.05) is 201 Å². The van der Waals surface area contributed by atoms with Crippen LogP contribution in [0.15, 0.2) is 109 Å². The molecule has 5 heteroatoms. The number of ether oxygens (including phenoxy) is 3. The molecule has 0 spiro atoms. The topological polar surface area (TPSA) is 61.8 Å². The highest BCUT2D eigenvalue weighted by Gasteiger charge is 2.17. The first-order valence-corrected chi connectivity index (χ1v) is 26.4. The molecule has 0 saturated heterocycles. The number of hydrogen-bond acceptors (Lipinski definition) is 5. The summed E-state index contributed by atoms with van der Waals surface area (Å²) in [5, 5.41) is 0. The van der Waals surface area contributed by atoms with Gasteiger partial charge in [0.2, 0.25) is 0 Å². The van der Waals surface area contributed by atoms with E-state index in [9.17, 15) is 9.59 Å². The van der Waals surface area contributed by atoms with Crippen LogP contribution in [0.3, 0.4) is 0 Å². The van der Waals surface area contributed by atoms with Gasteiger partial charge in [0.05, 0.1) is 6.61 Å². The lowest BCUT2D eigenvalue weighted by atomic mass is 10.1. The second kappa shape index (κ2) is 53.9. The molecule has 0 aromatic heterocycles. The Bertz CT molecular complexity index is 1280. The van der Waals surface area contributed by atoms with Gasteiger partial charge < -0.3 is 14.2 Å². The summed E-state index contributed by atoms with van der Waals surface area (Å²) in [5.41, 5.74) is 0. The first-order valence-electron chi connectivity index (χ1n) is 26.4. The molecule has 0 saturated carbocycles. The average Bonchev–Trinajstić information content (AvgIpc) is 3.30. The second-order valence-corrected chi connectivity index (χ2v) is 17.0. The zero-order valence-electron chi connectivity index (χ0n) is 41.8. The van der Waals surface area contributed by atoms with Gasteiger partial charge in [0.15, 0.2) is 6.10 Å². The molecule has 0 aliphatic carbocycles. The van der Waals surface area contributed by atoms with Crippen molar-refractivity contribution >= 4 is 11.9 Å². The van der Waals surface area contributed by atoms with E-state index in [1.165, 1.54) is 70.6 Å². The number of esters is 2. The minimum Gasteiger partial charge on any atom is -0.462 e. The van der Waals surface area contributed by atoms with Crippen LogP contribution in [0.4, 0.5) is 0 Å². The van der Waals surface area contributed by atoms with Gasteiger partial charge in [-0.25, -0.2) is 0 Å². The molecule has 0 bridgehead atoms. The van der Waals surface area contributed by atoms with Crippen molar-refractivity contribution in [3.8, 4) is 0 Å². The lowest BCUT2D eigenvalue weighted by Crippen LogP contribution is -2.30. The van der Waals surface area contributed by atoms with E-state index in [-0.39, 0.29) is 25.2 Å². The number of unbranched alkanes of at least 4 members (excludes halogenated alkanes) is 18. The molecular weight excluding hydrogens is 789 g/mol. The highest BCUT2D eigenvalue weighted by atomic mass is 16.6. The Hall–Kier alpha value is -3.44. The maximum absolute atomic E-state index is 12.8. The van der Waals surface area contributed by atoms with Crippen molar-refractivity contribution in [2.45, 2.75) is 232 Å². The van der Waals surface area contributed by atoms with Gasteiger partial charge in [0.1, 0.15) is 6.61 Å². The van der Waals surface area contributed by atoms with Crippen molar-refractivity contribution in [1.82, 2.24) is 0 Å². The predicted molar refractivity (Wildman–Crippen MR) is 279 cm³/mol. The predicted octanol–water partition coefficient (Wildman–Crippen LogP) is 18.0. The number of carbonyl (C=O) groups excluding carboxylic acids is 2. The summed E-state index contributed by atoms with van der Waals surface area (Å²) >= 11 is 0. The molecule has 0 N–H and O–H groups in total. The smallest absolute Gasteiger partial charge is 0.306 e. The molecule has 0 radical (unpaired) electrons. The fourth-order valence-electron chi connectivity index (χ4n) is 6.90. The molecule has 0 aliphatic heterocycles. The lowest BCUT2D eigenvalue weighted by molar-refractivity contribution is -0.163. The van der Waals surface area contributed by atoms with Gasteiger partial charge in [0, 0.05) is 19.4 Å². The van der Waals surface area contributed by atoms with Crippen LogP contribution in [0.5, 0.6) is 0 Å². The summed E-state index contributed by atoms with van der Waals surface area (Å²) in [7, 11) is 0. The fourth-order valence-corrected chi connectivity index (χ4v) is 6.90. The molecule has 5 nitrogen and oxygen atoms in total. The number of allylic oxidation sites excluding steroid dienone is 18. The summed E-state index contributed by atoms with van der Waals surface area (Å²) in [5.74, 6) is -0.466. The lowest BCUT2D eigenvalue weighted by Gasteiger charge is -2.18. The summed E-state index contributed by atoms with van der Waals surface area (Å²) in [4.78, 5) is 25.4. The molecule has 0 heterocycles. The quantitative estimate of drug-likeness (QED) is 0.0346. The molecule has 0 aliphatic rings. The van der Waals surface area contributed by atoms with E-state index in [2.05, 4.69) is 130 Å². The van der Waals surface area contributed by atoms with E-state index in [1.807, 2.05) is 0 Å². The van der Waals surface area contributed by atoms with Crippen molar-refractivity contribution in [2.75, 3.05) is 19.8 Å².